The van der Waals surface area contributed by atoms with E-state index in [1.807, 2.05) is 48.5 Å². The van der Waals surface area contributed by atoms with Crippen molar-refractivity contribution in [1.82, 2.24) is 5.43 Å². The number of nitrogens with two attached hydrogens (primary N) is 1. The van der Waals surface area contributed by atoms with Gasteiger partial charge < -0.3 is 0 Å². The highest BCUT2D eigenvalue weighted by molar-refractivity contribution is 6.31. The second kappa shape index (κ2) is 6.21. The molecular formula is C14H14Cl2N2. The van der Waals surface area contributed by atoms with Crippen LogP contribution in [0, 0.1) is 0 Å². The minimum atomic E-state index is -0.0140. The molecule has 0 saturated heterocycles. The average Bonchev–Trinajstić information content (AvgIpc) is 2.39. The normalized spacial score (nSPS) is 12.4. The highest BCUT2D eigenvalue weighted by Gasteiger charge is 2.13. The van der Waals surface area contributed by atoms with E-state index >= 15 is 0 Å². The lowest BCUT2D eigenvalue weighted by Crippen LogP contribution is -2.29. The van der Waals surface area contributed by atoms with Gasteiger partial charge in [-0.05, 0) is 35.7 Å². The van der Waals surface area contributed by atoms with Gasteiger partial charge in [-0.2, -0.15) is 0 Å². The summed E-state index contributed by atoms with van der Waals surface area (Å²) in [6, 6.07) is 15.4. The van der Waals surface area contributed by atoms with Gasteiger partial charge in [0, 0.05) is 10.0 Å². The first kappa shape index (κ1) is 13.4. The Kier molecular flexibility index (Phi) is 4.61. The number of rotatable bonds is 4. The molecule has 0 aliphatic rings. The number of hydrazine groups is 1. The Hall–Kier alpha value is -1.06. The van der Waals surface area contributed by atoms with Gasteiger partial charge in [-0.25, -0.2) is 0 Å². The molecule has 2 rings (SSSR count). The van der Waals surface area contributed by atoms with Crippen molar-refractivity contribution >= 4 is 23.2 Å². The molecule has 1 unspecified atom stereocenters. The number of nitrogens with one attached hydrogen (secondary N) is 1. The van der Waals surface area contributed by atoms with Gasteiger partial charge in [0.15, 0.2) is 0 Å². The highest BCUT2D eigenvalue weighted by atomic mass is 35.5. The summed E-state index contributed by atoms with van der Waals surface area (Å²) in [4.78, 5) is 0. The van der Waals surface area contributed by atoms with Crippen LogP contribution in [0.2, 0.25) is 10.0 Å². The predicted octanol–water partition coefficient (Wildman–Crippen LogP) is 3.74. The molecule has 94 valence electrons. The topological polar surface area (TPSA) is 38.0 Å². The van der Waals surface area contributed by atoms with Crippen LogP contribution in [-0.4, -0.2) is 0 Å². The van der Waals surface area contributed by atoms with E-state index in [1.54, 1.807) is 0 Å². The summed E-state index contributed by atoms with van der Waals surface area (Å²) in [5.41, 5.74) is 4.96. The van der Waals surface area contributed by atoms with E-state index in [0.717, 1.165) is 27.6 Å². The van der Waals surface area contributed by atoms with Crippen LogP contribution in [0.5, 0.6) is 0 Å². The zero-order chi connectivity index (χ0) is 13.0. The van der Waals surface area contributed by atoms with Crippen LogP contribution >= 0.6 is 23.2 Å². The van der Waals surface area contributed by atoms with Crippen molar-refractivity contribution in [2.45, 2.75) is 12.5 Å². The lowest BCUT2D eigenvalue weighted by Gasteiger charge is -2.17. The second-order valence-electron chi connectivity index (χ2n) is 4.07. The highest BCUT2D eigenvalue weighted by Crippen LogP contribution is 2.25. The van der Waals surface area contributed by atoms with Crippen molar-refractivity contribution < 1.29 is 0 Å². The quantitative estimate of drug-likeness (QED) is 0.661. The fraction of sp³-hybridized carbons (Fsp3) is 0.143. The smallest absolute Gasteiger partial charge is 0.0515 e. The lowest BCUT2D eigenvalue weighted by molar-refractivity contribution is 0.552. The zero-order valence-corrected chi connectivity index (χ0v) is 11.2. The van der Waals surface area contributed by atoms with Crippen LogP contribution in [0.4, 0.5) is 0 Å². The van der Waals surface area contributed by atoms with Gasteiger partial charge in [0.05, 0.1) is 6.04 Å². The first-order chi connectivity index (χ1) is 8.70. The van der Waals surface area contributed by atoms with E-state index in [-0.39, 0.29) is 6.04 Å². The molecule has 0 radical (unpaired) electrons. The fourth-order valence-electron chi connectivity index (χ4n) is 1.87. The maximum absolute atomic E-state index is 6.17. The Balaban J connectivity index is 2.20. The largest absolute Gasteiger partial charge is 0.271 e. The van der Waals surface area contributed by atoms with Crippen LogP contribution in [0.3, 0.4) is 0 Å². The maximum atomic E-state index is 6.17. The summed E-state index contributed by atoms with van der Waals surface area (Å²) in [5, 5.41) is 1.45. The van der Waals surface area contributed by atoms with Crippen LogP contribution in [0.1, 0.15) is 17.2 Å². The average molecular weight is 281 g/mol. The minimum absolute atomic E-state index is 0.0140. The summed E-state index contributed by atoms with van der Waals surface area (Å²) in [6.07, 6.45) is 0.761. The van der Waals surface area contributed by atoms with Crippen molar-refractivity contribution in [3.63, 3.8) is 0 Å². The molecule has 0 aliphatic heterocycles. The first-order valence-corrected chi connectivity index (χ1v) is 6.41. The summed E-state index contributed by atoms with van der Waals surface area (Å²) in [6.45, 7) is 0. The van der Waals surface area contributed by atoms with Gasteiger partial charge in [0.1, 0.15) is 0 Å². The molecule has 0 aliphatic carbocycles. The van der Waals surface area contributed by atoms with Crippen molar-refractivity contribution in [2.75, 3.05) is 0 Å². The monoisotopic (exact) mass is 280 g/mol. The van der Waals surface area contributed by atoms with Gasteiger partial charge >= 0.3 is 0 Å². The molecule has 2 nitrogen and oxygen atoms in total. The zero-order valence-electron chi connectivity index (χ0n) is 9.74. The molecule has 0 amide bonds. The minimum Gasteiger partial charge on any atom is -0.271 e. The molecule has 0 fully saturated rings. The van der Waals surface area contributed by atoms with Gasteiger partial charge in [0.2, 0.25) is 0 Å². The Morgan fingerprint density at radius 3 is 2.28 bits per heavy atom. The first-order valence-electron chi connectivity index (χ1n) is 5.65. The number of benzene rings is 2. The van der Waals surface area contributed by atoms with Crippen LogP contribution in [-0.2, 0) is 6.42 Å². The molecule has 3 N–H and O–H groups in total. The Morgan fingerprint density at radius 2 is 1.67 bits per heavy atom. The van der Waals surface area contributed by atoms with E-state index in [0.29, 0.717) is 0 Å². The van der Waals surface area contributed by atoms with E-state index in [1.165, 1.54) is 0 Å². The van der Waals surface area contributed by atoms with Crippen LogP contribution in [0.15, 0.2) is 48.5 Å². The second-order valence-corrected chi connectivity index (χ2v) is 4.91. The maximum Gasteiger partial charge on any atom is 0.0515 e. The Labute approximate surface area is 117 Å². The standard InChI is InChI=1S/C14H14Cl2N2/c15-11-7-5-10(6-8-11)9-14(18-17)12-3-1-2-4-13(12)16/h1-8,14,18H,9,17H2. The summed E-state index contributed by atoms with van der Waals surface area (Å²) < 4.78 is 0. The number of hydrogen-bond donors (Lipinski definition) is 2. The SMILES string of the molecule is NNC(Cc1ccc(Cl)cc1)c1ccccc1Cl. The molecule has 2 aromatic rings. The molecule has 0 bridgehead atoms. The third-order valence-electron chi connectivity index (χ3n) is 2.83. The third-order valence-corrected chi connectivity index (χ3v) is 3.43. The summed E-state index contributed by atoms with van der Waals surface area (Å²) in [5.74, 6) is 5.62. The van der Waals surface area contributed by atoms with E-state index in [9.17, 15) is 0 Å². The van der Waals surface area contributed by atoms with E-state index in [2.05, 4.69) is 5.43 Å². The molecule has 0 spiro atoms. The van der Waals surface area contributed by atoms with Gasteiger partial charge in [-0.15, -0.1) is 0 Å². The summed E-state index contributed by atoms with van der Waals surface area (Å²) in [7, 11) is 0. The van der Waals surface area contributed by atoms with E-state index < -0.39 is 0 Å². The van der Waals surface area contributed by atoms with Gasteiger partial charge in [-0.1, -0.05) is 53.5 Å². The Morgan fingerprint density at radius 1 is 1.00 bits per heavy atom. The van der Waals surface area contributed by atoms with Crippen molar-refractivity contribution in [1.29, 1.82) is 0 Å². The Bertz CT molecular complexity index is 511. The molecule has 18 heavy (non-hydrogen) atoms. The molecular weight excluding hydrogens is 267 g/mol. The van der Waals surface area contributed by atoms with E-state index in [4.69, 9.17) is 29.0 Å². The predicted molar refractivity (Wildman–Crippen MR) is 76.7 cm³/mol. The fourth-order valence-corrected chi connectivity index (χ4v) is 2.27. The molecule has 2 aromatic carbocycles. The van der Waals surface area contributed by atoms with Crippen LogP contribution < -0.4 is 11.3 Å². The van der Waals surface area contributed by atoms with Gasteiger partial charge in [-0.3, -0.25) is 11.3 Å². The number of halogens is 2. The molecule has 4 heteroatoms. The van der Waals surface area contributed by atoms with Crippen molar-refractivity contribution in [3.8, 4) is 0 Å². The van der Waals surface area contributed by atoms with Crippen LogP contribution in [0.25, 0.3) is 0 Å². The molecule has 0 aromatic heterocycles. The van der Waals surface area contributed by atoms with Crippen molar-refractivity contribution in [2.24, 2.45) is 5.84 Å². The molecule has 0 saturated carbocycles. The molecule has 0 heterocycles. The lowest BCUT2D eigenvalue weighted by atomic mass is 9.99. The summed E-state index contributed by atoms with van der Waals surface area (Å²) >= 11 is 12.0. The van der Waals surface area contributed by atoms with Crippen molar-refractivity contribution in [3.05, 3.63) is 69.7 Å². The van der Waals surface area contributed by atoms with Gasteiger partial charge in [0.25, 0.3) is 0 Å². The molecule has 1 atom stereocenters. The third kappa shape index (κ3) is 3.24. The number of hydrogen-bond acceptors (Lipinski definition) is 2.